The normalized spacial score (nSPS) is 15.6. The van der Waals surface area contributed by atoms with E-state index in [0.29, 0.717) is 16.5 Å². The number of nitrogens with one attached hydrogen (secondary N) is 1. The summed E-state index contributed by atoms with van der Waals surface area (Å²) in [5, 5.41) is 2.85. The Labute approximate surface area is 177 Å². The van der Waals surface area contributed by atoms with Crippen LogP contribution < -0.4 is 10.2 Å². The van der Waals surface area contributed by atoms with Gasteiger partial charge in [-0.05, 0) is 55.8 Å². The summed E-state index contributed by atoms with van der Waals surface area (Å²) in [6.07, 6.45) is 1.36. The number of imide groups is 2. The zero-order valence-electron chi connectivity index (χ0n) is 16.3. The van der Waals surface area contributed by atoms with Crippen molar-refractivity contribution < 1.29 is 18.8 Å². The number of hydrogen-bond acceptors (Lipinski definition) is 5. The number of benzene rings is 2. The highest BCUT2D eigenvalue weighted by molar-refractivity contribution is 7.99. The summed E-state index contributed by atoms with van der Waals surface area (Å²) in [7, 11) is 0. The average molecular weight is 418 g/mol. The topological polar surface area (TPSA) is 79.6 Å². The number of urea groups is 1. The maximum absolute atomic E-state index is 13.0. The molecule has 1 aliphatic rings. The van der Waals surface area contributed by atoms with E-state index in [9.17, 15) is 14.4 Å². The molecule has 0 radical (unpaired) electrons. The number of para-hydroxylation sites is 1. The molecule has 4 amide bonds. The molecule has 1 fully saturated rings. The molecule has 3 aromatic rings. The first kappa shape index (κ1) is 19.7. The third kappa shape index (κ3) is 3.92. The number of rotatable bonds is 4. The van der Waals surface area contributed by atoms with E-state index in [-0.39, 0.29) is 5.57 Å². The Morgan fingerprint density at radius 1 is 0.933 bits per heavy atom. The van der Waals surface area contributed by atoms with Crippen LogP contribution in [-0.2, 0) is 9.59 Å². The lowest BCUT2D eigenvalue weighted by atomic mass is 10.1. The summed E-state index contributed by atoms with van der Waals surface area (Å²) in [4.78, 5) is 39.6. The van der Waals surface area contributed by atoms with E-state index >= 15 is 0 Å². The van der Waals surface area contributed by atoms with Crippen molar-refractivity contribution in [1.82, 2.24) is 5.32 Å². The minimum Gasteiger partial charge on any atom is -0.450 e. The molecule has 30 heavy (non-hydrogen) atoms. The number of aryl methyl sites for hydroxylation is 2. The van der Waals surface area contributed by atoms with Gasteiger partial charge in [-0.15, -0.1) is 0 Å². The van der Waals surface area contributed by atoms with E-state index in [1.165, 1.54) is 23.4 Å². The van der Waals surface area contributed by atoms with Gasteiger partial charge in [0.2, 0.25) is 0 Å². The predicted molar refractivity (Wildman–Crippen MR) is 114 cm³/mol. The van der Waals surface area contributed by atoms with Crippen LogP contribution in [-0.4, -0.2) is 17.8 Å². The first-order chi connectivity index (χ1) is 14.4. The minimum absolute atomic E-state index is 0.168. The van der Waals surface area contributed by atoms with Crippen molar-refractivity contribution in [2.75, 3.05) is 4.90 Å². The van der Waals surface area contributed by atoms with Crippen molar-refractivity contribution in [2.45, 2.75) is 23.8 Å². The second-order valence-corrected chi connectivity index (χ2v) is 7.89. The molecule has 2 aromatic carbocycles. The molecular formula is C23H18N2O4S. The molecule has 0 saturated carbocycles. The lowest BCUT2D eigenvalue weighted by Crippen LogP contribution is -2.54. The molecule has 0 spiro atoms. The van der Waals surface area contributed by atoms with Crippen molar-refractivity contribution in [1.29, 1.82) is 0 Å². The summed E-state index contributed by atoms with van der Waals surface area (Å²) in [5.74, 6) is -1.09. The minimum atomic E-state index is -0.772. The zero-order chi connectivity index (χ0) is 21.3. The Morgan fingerprint density at radius 3 is 2.40 bits per heavy atom. The summed E-state index contributed by atoms with van der Waals surface area (Å²) in [5.41, 5.74) is 2.16. The van der Waals surface area contributed by atoms with E-state index in [4.69, 9.17) is 4.42 Å². The average Bonchev–Trinajstić information content (AvgIpc) is 3.15. The van der Waals surface area contributed by atoms with Gasteiger partial charge in [-0.25, -0.2) is 9.69 Å². The molecule has 0 bridgehead atoms. The first-order valence-electron chi connectivity index (χ1n) is 9.24. The van der Waals surface area contributed by atoms with E-state index in [1.807, 2.05) is 37.3 Å². The molecule has 4 rings (SSSR count). The second-order valence-electron chi connectivity index (χ2n) is 6.82. The van der Waals surface area contributed by atoms with Crippen LogP contribution in [0.1, 0.15) is 16.9 Å². The van der Waals surface area contributed by atoms with Gasteiger partial charge in [0.1, 0.15) is 11.3 Å². The van der Waals surface area contributed by atoms with Gasteiger partial charge < -0.3 is 4.42 Å². The van der Waals surface area contributed by atoms with Crippen molar-refractivity contribution in [3.63, 3.8) is 0 Å². The van der Waals surface area contributed by atoms with Gasteiger partial charge in [-0.3, -0.25) is 14.9 Å². The fraction of sp³-hybridized carbons (Fsp3) is 0.0870. The van der Waals surface area contributed by atoms with Crippen molar-refractivity contribution in [3.8, 4) is 0 Å². The third-order valence-corrected chi connectivity index (χ3v) is 5.51. The smallest absolute Gasteiger partial charge is 0.335 e. The zero-order valence-corrected chi connectivity index (χ0v) is 17.2. The molecule has 6 nitrogen and oxygen atoms in total. The van der Waals surface area contributed by atoms with Gasteiger partial charge in [-0.1, -0.05) is 47.7 Å². The molecule has 1 aliphatic heterocycles. The standard InChI is InChI=1S/C23H18N2O4S/c1-14-7-10-17(11-8-14)30-20-12-9-16(29-20)13-18-21(26)24-23(28)25(22(18)27)19-6-4-3-5-15(19)2/h3-13H,1-2H3,(H,24,26,28)/b18-13-. The summed E-state index contributed by atoms with van der Waals surface area (Å²) in [6.45, 7) is 3.81. The SMILES string of the molecule is Cc1ccc(Sc2ccc(/C=C3/C(=O)NC(=O)N(c4ccccc4C)C3=O)o2)cc1. The van der Waals surface area contributed by atoms with Crippen LogP contribution >= 0.6 is 11.8 Å². The van der Waals surface area contributed by atoms with Gasteiger partial charge in [-0.2, -0.15) is 0 Å². The summed E-state index contributed by atoms with van der Waals surface area (Å²) < 4.78 is 5.76. The number of amides is 4. The van der Waals surface area contributed by atoms with E-state index in [1.54, 1.807) is 37.3 Å². The largest absolute Gasteiger partial charge is 0.450 e. The Bertz CT molecular complexity index is 1180. The van der Waals surface area contributed by atoms with Crippen molar-refractivity contribution in [3.05, 3.63) is 83.1 Å². The molecule has 1 saturated heterocycles. The molecule has 0 atom stereocenters. The predicted octanol–water partition coefficient (Wildman–Crippen LogP) is 4.71. The van der Waals surface area contributed by atoms with Crippen LogP contribution in [0.25, 0.3) is 6.08 Å². The van der Waals surface area contributed by atoms with Crippen molar-refractivity contribution in [2.24, 2.45) is 0 Å². The number of nitrogens with zero attached hydrogens (tertiary/aromatic N) is 1. The van der Waals surface area contributed by atoms with Crippen LogP contribution in [0.4, 0.5) is 10.5 Å². The molecule has 0 unspecified atom stereocenters. The van der Waals surface area contributed by atoms with E-state index in [2.05, 4.69) is 5.32 Å². The van der Waals surface area contributed by atoms with Crippen molar-refractivity contribution >= 4 is 41.4 Å². The number of carbonyl (C=O) groups excluding carboxylic acids is 3. The van der Waals surface area contributed by atoms with E-state index in [0.717, 1.165) is 15.4 Å². The summed E-state index contributed by atoms with van der Waals surface area (Å²) in [6, 6.07) is 17.7. The monoisotopic (exact) mass is 418 g/mol. The molecule has 7 heteroatoms. The Morgan fingerprint density at radius 2 is 1.67 bits per heavy atom. The Hall–Kier alpha value is -3.58. The molecule has 1 N–H and O–H groups in total. The fourth-order valence-corrected chi connectivity index (χ4v) is 3.80. The van der Waals surface area contributed by atoms with Crippen LogP contribution in [0.5, 0.6) is 0 Å². The van der Waals surface area contributed by atoms with Gasteiger partial charge >= 0.3 is 6.03 Å². The molecular weight excluding hydrogens is 400 g/mol. The molecule has 2 heterocycles. The first-order valence-corrected chi connectivity index (χ1v) is 10.1. The quantitative estimate of drug-likeness (QED) is 0.490. The number of barbiturate groups is 1. The number of furan rings is 1. The van der Waals surface area contributed by atoms with Crippen LogP contribution in [0.3, 0.4) is 0 Å². The number of anilines is 1. The molecule has 1 aromatic heterocycles. The van der Waals surface area contributed by atoms with Crippen LogP contribution in [0, 0.1) is 13.8 Å². The van der Waals surface area contributed by atoms with Gasteiger partial charge in [0, 0.05) is 4.90 Å². The molecule has 150 valence electrons. The highest BCUT2D eigenvalue weighted by atomic mass is 32.2. The Balaban J connectivity index is 1.61. The summed E-state index contributed by atoms with van der Waals surface area (Å²) >= 11 is 1.43. The van der Waals surface area contributed by atoms with Gasteiger partial charge in [0.25, 0.3) is 11.8 Å². The second kappa shape index (κ2) is 8.04. The molecule has 0 aliphatic carbocycles. The lowest BCUT2D eigenvalue weighted by Gasteiger charge is -2.27. The van der Waals surface area contributed by atoms with Crippen LogP contribution in [0.2, 0.25) is 0 Å². The highest BCUT2D eigenvalue weighted by Crippen LogP contribution is 2.31. The highest BCUT2D eigenvalue weighted by Gasteiger charge is 2.37. The Kier molecular flexibility index (Phi) is 5.29. The van der Waals surface area contributed by atoms with Gasteiger partial charge in [0.05, 0.1) is 5.69 Å². The van der Waals surface area contributed by atoms with E-state index < -0.39 is 17.8 Å². The van der Waals surface area contributed by atoms with Gasteiger partial charge in [0.15, 0.2) is 5.09 Å². The maximum Gasteiger partial charge on any atom is 0.335 e. The third-order valence-electron chi connectivity index (χ3n) is 4.59. The lowest BCUT2D eigenvalue weighted by molar-refractivity contribution is -0.122. The van der Waals surface area contributed by atoms with Crippen LogP contribution in [0.15, 0.2) is 80.6 Å². The number of carbonyl (C=O) groups is 3. The maximum atomic E-state index is 13.0. The fourth-order valence-electron chi connectivity index (χ4n) is 3.02. The number of hydrogen-bond donors (Lipinski definition) is 1.